The number of hydrogen-bond acceptors (Lipinski definition) is 4. The van der Waals surface area contributed by atoms with Gasteiger partial charge in [0.1, 0.15) is 0 Å². The predicted octanol–water partition coefficient (Wildman–Crippen LogP) is 3.74. The number of carbonyl (C=O) groups excluding carboxylic acids is 2. The van der Waals surface area contributed by atoms with Crippen LogP contribution < -0.4 is 15.4 Å². The van der Waals surface area contributed by atoms with E-state index in [4.69, 9.17) is 0 Å². The maximum absolute atomic E-state index is 12.7. The first kappa shape index (κ1) is 21.4. The fourth-order valence-electron chi connectivity index (χ4n) is 2.38. The summed E-state index contributed by atoms with van der Waals surface area (Å²) in [5.74, 6) is -0.359. The van der Waals surface area contributed by atoms with Crippen molar-refractivity contribution < 1.29 is 18.0 Å². The Bertz CT molecular complexity index is 991. The second-order valence-electron chi connectivity index (χ2n) is 7.55. The molecule has 0 unspecified atom stereocenters. The molecule has 0 spiro atoms. The van der Waals surface area contributed by atoms with E-state index >= 15 is 0 Å². The highest BCUT2D eigenvalue weighted by Crippen LogP contribution is 2.24. The topological polar surface area (TPSA) is 104 Å². The van der Waals surface area contributed by atoms with Gasteiger partial charge in [0.05, 0.1) is 4.90 Å². The van der Waals surface area contributed by atoms with Crippen LogP contribution >= 0.6 is 0 Å². The summed E-state index contributed by atoms with van der Waals surface area (Å²) in [7, 11) is -3.80. The largest absolute Gasteiger partial charge is 0.326 e. The molecule has 0 aliphatic rings. The number of carbonyl (C=O) groups is 2. The Morgan fingerprint density at radius 3 is 1.89 bits per heavy atom. The van der Waals surface area contributed by atoms with Crippen LogP contribution in [-0.2, 0) is 19.6 Å². The molecule has 2 amide bonds. The molecule has 0 saturated carbocycles. The maximum atomic E-state index is 12.7. The normalized spacial score (nSPS) is 11.6. The molecule has 0 fully saturated rings. The van der Waals surface area contributed by atoms with Crippen molar-refractivity contribution in [3.8, 4) is 0 Å². The van der Waals surface area contributed by atoms with E-state index in [0.717, 1.165) is 0 Å². The molecule has 0 atom stereocenters. The molecule has 2 rings (SSSR count). The zero-order chi connectivity index (χ0) is 21.1. The van der Waals surface area contributed by atoms with Crippen molar-refractivity contribution in [3.63, 3.8) is 0 Å². The predicted molar refractivity (Wildman–Crippen MR) is 111 cm³/mol. The number of hydrogen-bond donors (Lipinski definition) is 3. The van der Waals surface area contributed by atoms with E-state index in [9.17, 15) is 18.0 Å². The Balaban J connectivity index is 2.16. The SMILES string of the molecule is CC(=O)Nc1ccc(S(=O)(=O)Nc2ccc(NC(=O)C(C)(C)C)cc2)c(C)c1. The van der Waals surface area contributed by atoms with Crippen LogP contribution in [0.1, 0.15) is 33.3 Å². The fourth-order valence-corrected chi connectivity index (χ4v) is 3.67. The number of sulfonamides is 1. The Morgan fingerprint density at radius 2 is 1.39 bits per heavy atom. The first-order chi connectivity index (χ1) is 12.9. The highest BCUT2D eigenvalue weighted by atomic mass is 32.2. The third kappa shape index (κ3) is 5.56. The number of anilines is 3. The van der Waals surface area contributed by atoms with Gasteiger partial charge < -0.3 is 10.6 Å². The second kappa shape index (κ2) is 8.02. The van der Waals surface area contributed by atoms with Crippen LogP contribution in [0.4, 0.5) is 17.1 Å². The van der Waals surface area contributed by atoms with E-state index in [2.05, 4.69) is 15.4 Å². The first-order valence-corrected chi connectivity index (χ1v) is 10.2. The number of rotatable bonds is 5. The van der Waals surface area contributed by atoms with Crippen LogP contribution in [0.5, 0.6) is 0 Å². The van der Waals surface area contributed by atoms with Gasteiger partial charge in [-0.3, -0.25) is 14.3 Å². The zero-order valence-electron chi connectivity index (χ0n) is 16.6. The monoisotopic (exact) mass is 403 g/mol. The minimum atomic E-state index is -3.80. The summed E-state index contributed by atoms with van der Waals surface area (Å²) in [5, 5.41) is 5.40. The number of benzene rings is 2. The standard InChI is InChI=1S/C20H25N3O4S/c1-13-12-17(21-14(2)24)10-11-18(13)28(26,27)23-16-8-6-15(7-9-16)22-19(25)20(3,4)5/h6-12,23H,1-5H3,(H,21,24)(H,22,25). The van der Waals surface area contributed by atoms with Gasteiger partial charge in [0.2, 0.25) is 11.8 Å². The molecule has 7 nitrogen and oxygen atoms in total. The van der Waals surface area contributed by atoms with Gasteiger partial charge in [-0.15, -0.1) is 0 Å². The van der Waals surface area contributed by atoms with Crippen LogP contribution in [0, 0.1) is 12.3 Å². The summed E-state index contributed by atoms with van der Waals surface area (Å²) >= 11 is 0. The Hall–Kier alpha value is -2.87. The molecule has 0 aliphatic heterocycles. The zero-order valence-corrected chi connectivity index (χ0v) is 17.4. The molecule has 8 heteroatoms. The summed E-state index contributed by atoms with van der Waals surface area (Å²) in [5.41, 5.74) is 1.47. The molecule has 28 heavy (non-hydrogen) atoms. The lowest BCUT2D eigenvalue weighted by Gasteiger charge is -2.18. The quantitative estimate of drug-likeness (QED) is 0.707. The molecule has 0 aromatic heterocycles. The molecule has 2 aromatic rings. The maximum Gasteiger partial charge on any atom is 0.262 e. The summed E-state index contributed by atoms with van der Waals surface area (Å²) in [6.07, 6.45) is 0. The van der Waals surface area contributed by atoms with Crippen LogP contribution in [0.3, 0.4) is 0 Å². The van der Waals surface area contributed by atoms with Crippen molar-refractivity contribution in [2.45, 2.75) is 39.5 Å². The number of nitrogens with one attached hydrogen (secondary N) is 3. The summed E-state index contributed by atoms with van der Waals surface area (Å²) in [4.78, 5) is 23.3. The molecule has 0 radical (unpaired) electrons. The molecule has 150 valence electrons. The third-order valence-corrected chi connectivity index (χ3v) is 5.40. The highest BCUT2D eigenvalue weighted by Gasteiger charge is 2.21. The lowest BCUT2D eigenvalue weighted by molar-refractivity contribution is -0.123. The van der Waals surface area contributed by atoms with E-state index in [1.807, 2.05) is 20.8 Å². The molecule has 0 saturated heterocycles. The van der Waals surface area contributed by atoms with Gasteiger partial charge in [0.25, 0.3) is 10.0 Å². The third-order valence-electron chi connectivity index (χ3n) is 3.86. The van der Waals surface area contributed by atoms with Crippen molar-refractivity contribution in [2.75, 3.05) is 15.4 Å². The molecule has 0 bridgehead atoms. The minimum absolute atomic E-state index is 0.117. The van der Waals surface area contributed by atoms with Gasteiger partial charge in [-0.05, 0) is 55.0 Å². The van der Waals surface area contributed by atoms with Crippen LogP contribution in [-0.4, -0.2) is 20.2 Å². The van der Waals surface area contributed by atoms with Gasteiger partial charge in [-0.1, -0.05) is 20.8 Å². The van der Waals surface area contributed by atoms with Crippen LogP contribution in [0.15, 0.2) is 47.4 Å². The number of aryl methyl sites for hydroxylation is 1. The van der Waals surface area contributed by atoms with Crippen molar-refractivity contribution in [2.24, 2.45) is 5.41 Å². The lowest BCUT2D eigenvalue weighted by atomic mass is 9.95. The summed E-state index contributed by atoms with van der Waals surface area (Å²) in [6.45, 7) is 8.47. The average Bonchev–Trinajstić information content (AvgIpc) is 2.54. The van der Waals surface area contributed by atoms with Gasteiger partial charge in [0.15, 0.2) is 0 Å². The van der Waals surface area contributed by atoms with E-state index in [-0.39, 0.29) is 16.7 Å². The Labute approximate surface area is 165 Å². The summed E-state index contributed by atoms with van der Waals surface area (Å²) in [6, 6.07) is 11.0. The average molecular weight is 404 g/mol. The molecule has 3 N–H and O–H groups in total. The smallest absolute Gasteiger partial charge is 0.262 e. The van der Waals surface area contributed by atoms with Gasteiger partial charge >= 0.3 is 0 Å². The van der Waals surface area contributed by atoms with Crippen LogP contribution in [0.2, 0.25) is 0 Å². The van der Waals surface area contributed by atoms with E-state index in [1.54, 1.807) is 37.3 Å². The van der Waals surface area contributed by atoms with Gasteiger partial charge in [-0.25, -0.2) is 8.42 Å². The van der Waals surface area contributed by atoms with Crippen molar-refractivity contribution in [1.82, 2.24) is 0 Å². The van der Waals surface area contributed by atoms with Crippen molar-refractivity contribution in [1.29, 1.82) is 0 Å². The number of amides is 2. The molecular weight excluding hydrogens is 378 g/mol. The van der Waals surface area contributed by atoms with Crippen LogP contribution in [0.25, 0.3) is 0 Å². The molecule has 0 aliphatic carbocycles. The fraction of sp³-hybridized carbons (Fsp3) is 0.300. The summed E-state index contributed by atoms with van der Waals surface area (Å²) < 4.78 is 27.9. The van der Waals surface area contributed by atoms with Gasteiger partial charge in [0, 0.05) is 29.4 Å². The first-order valence-electron chi connectivity index (χ1n) is 8.71. The second-order valence-corrected chi connectivity index (χ2v) is 9.20. The Kier molecular flexibility index (Phi) is 6.14. The van der Waals surface area contributed by atoms with E-state index < -0.39 is 15.4 Å². The van der Waals surface area contributed by atoms with Gasteiger partial charge in [-0.2, -0.15) is 0 Å². The highest BCUT2D eigenvalue weighted by molar-refractivity contribution is 7.92. The van der Waals surface area contributed by atoms with Crippen molar-refractivity contribution >= 4 is 38.9 Å². The Morgan fingerprint density at radius 1 is 0.857 bits per heavy atom. The van der Waals surface area contributed by atoms with Crippen molar-refractivity contribution in [3.05, 3.63) is 48.0 Å². The molecular formula is C20H25N3O4S. The lowest BCUT2D eigenvalue weighted by Crippen LogP contribution is -2.27. The minimum Gasteiger partial charge on any atom is -0.326 e. The van der Waals surface area contributed by atoms with E-state index in [0.29, 0.717) is 22.6 Å². The molecule has 0 heterocycles. The molecule has 2 aromatic carbocycles. The van der Waals surface area contributed by atoms with E-state index in [1.165, 1.54) is 19.1 Å².